The summed E-state index contributed by atoms with van der Waals surface area (Å²) >= 11 is 0. The van der Waals surface area contributed by atoms with E-state index in [-0.39, 0.29) is 0 Å². The van der Waals surface area contributed by atoms with E-state index < -0.39 is 0 Å². The highest BCUT2D eigenvalue weighted by molar-refractivity contribution is 4.80. The van der Waals surface area contributed by atoms with Crippen LogP contribution in [0.15, 0.2) is 36.2 Å². The van der Waals surface area contributed by atoms with E-state index in [9.17, 15) is 0 Å². The second-order valence-corrected chi connectivity index (χ2v) is 1.91. The Morgan fingerprint density at radius 3 is 3.27 bits per heavy atom. The fourth-order valence-electron chi connectivity index (χ4n) is 0.630. The first-order valence-corrected chi connectivity index (χ1v) is 3.18. The van der Waals surface area contributed by atoms with E-state index in [1.807, 2.05) is 0 Å². The zero-order chi connectivity index (χ0) is 8.10. The molecule has 0 aliphatic rings. The monoisotopic (exact) mass is 151 g/mol. The molecule has 0 aromatic carbocycles. The summed E-state index contributed by atoms with van der Waals surface area (Å²) in [5.74, 6) is 0. The van der Waals surface area contributed by atoms with Gasteiger partial charge in [-0.1, -0.05) is 6.08 Å². The molecule has 4 nitrogen and oxygen atoms in total. The topological polar surface area (TPSA) is 50.4 Å². The molecule has 0 spiro atoms. The van der Waals surface area contributed by atoms with Gasteiger partial charge < -0.3 is 5.21 Å². The summed E-state index contributed by atoms with van der Waals surface area (Å²) in [7, 11) is 0. The highest BCUT2D eigenvalue weighted by Gasteiger charge is 1.84. The van der Waals surface area contributed by atoms with Crippen molar-refractivity contribution >= 4 is 0 Å². The lowest BCUT2D eigenvalue weighted by Gasteiger charge is -1.93. The fraction of sp³-hybridized carbons (Fsp3) is 0.143. The van der Waals surface area contributed by atoms with E-state index in [1.165, 1.54) is 6.33 Å². The van der Waals surface area contributed by atoms with Crippen molar-refractivity contribution in [2.75, 3.05) is 6.54 Å². The van der Waals surface area contributed by atoms with Crippen LogP contribution < -0.4 is 5.49 Å². The normalized spacial score (nSPS) is 11.5. The van der Waals surface area contributed by atoms with Crippen molar-refractivity contribution in [3.63, 3.8) is 0 Å². The molecule has 0 fully saturated rings. The van der Waals surface area contributed by atoms with Gasteiger partial charge in [0.2, 0.25) is 0 Å². The quantitative estimate of drug-likeness (QED) is 0.485. The molecule has 0 aliphatic carbocycles. The molecule has 0 saturated heterocycles. The number of nitrogens with zero attached hydrogens (tertiary/aromatic N) is 3. The lowest BCUT2D eigenvalue weighted by atomic mass is 10.6. The van der Waals surface area contributed by atoms with Crippen molar-refractivity contribution in [1.82, 2.24) is 9.71 Å². The Kier molecular flexibility index (Phi) is 2.43. The van der Waals surface area contributed by atoms with E-state index in [4.69, 9.17) is 5.21 Å². The Morgan fingerprint density at radius 1 is 1.82 bits per heavy atom. The van der Waals surface area contributed by atoms with Crippen LogP contribution in [-0.2, 0) is 0 Å². The van der Waals surface area contributed by atoms with Crippen LogP contribution in [0.4, 0.5) is 0 Å². The van der Waals surface area contributed by atoms with Crippen LogP contribution in [-0.4, -0.2) is 21.5 Å². The molecule has 1 aromatic rings. The van der Waals surface area contributed by atoms with Crippen LogP contribution >= 0.6 is 0 Å². The minimum Gasteiger partial charge on any atom is -0.425 e. The van der Waals surface area contributed by atoms with Crippen molar-refractivity contribution in [3.8, 4) is 0 Å². The molecule has 4 heteroatoms. The zero-order valence-corrected chi connectivity index (χ0v) is 6.01. The first-order chi connectivity index (χ1) is 5.34. The minimum atomic E-state index is 0.472. The molecule has 58 valence electrons. The average Bonchev–Trinajstić information content (AvgIpc) is 2.03. The van der Waals surface area contributed by atoms with Crippen LogP contribution in [0.25, 0.3) is 0 Å². The molecule has 0 atom stereocenters. The van der Waals surface area contributed by atoms with Crippen molar-refractivity contribution in [3.05, 3.63) is 36.7 Å². The van der Waals surface area contributed by atoms with Gasteiger partial charge >= 0.3 is 0 Å². The van der Waals surface area contributed by atoms with Crippen molar-refractivity contribution in [2.45, 2.75) is 0 Å². The van der Waals surface area contributed by atoms with Crippen molar-refractivity contribution in [2.24, 2.45) is 4.99 Å². The van der Waals surface area contributed by atoms with E-state index >= 15 is 0 Å². The lowest BCUT2D eigenvalue weighted by Crippen LogP contribution is -2.18. The van der Waals surface area contributed by atoms with Gasteiger partial charge in [-0.3, -0.25) is 4.99 Å². The predicted molar refractivity (Wildman–Crippen MR) is 40.0 cm³/mol. The number of rotatable bonds is 2. The van der Waals surface area contributed by atoms with E-state index in [0.29, 0.717) is 12.0 Å². The van der Waals surface area contributed by atoms with Gasteiger partial charge in [-0.05, 0) is 0 Å². The van der Waals surface area contributed by atoms with Crippen LogP contribution in [0, 0.1) is 0 Å². The molecule has 0 amide bonds. The molecule has 0 unspecified atom stereocenters. The van der Waals surface area contributed by atoms with Crippen LogP contribution in [0.1, 0.15) is 0 Å². The molecule has 0 aliphatic heterocycles. The fourth-order valence-corrected chi connectivity index (χ4v) is 0.630. The third kappa shape index (κ3) is 1.93. The summed E-state index contributed by atoms with van der Waals surface area (Å²) in [4.78, 5) is 7.66. The van der Waals surface area contributed by atoms with E-state index in [0.717, 1.165) is 4.73 Å². The average molecular weight is 151 g/mol. The minimum absolute atomic E-state index is 0.472. The molecule has 1 heterocycles. The number of hydrogen-bond donors (Lipinski definition) is 1. The molecule has 0 radical (unpaired) electrons. The van der Waals surface area contributed by atoms with Gasteiger partial charge in [0.25, 0.3) is 0 Å². The van der Waals surface area contributed by atoms with Gasteiger partial charge in [0.1, 0.15) is 6.33 Å². The Balaban J connectivity index is 3.02. The summed E-state index contributed by atoms with van der Waals surface area (Å²) in [5, 5.41) is 9.06. The molecule has 1 N–H and O–H groups in total. The van der Waals surface area contributed by atoms with Gasteiger partial charge in [-0.2, -0.15) is 4.73 Å². The SMILES string of the molecule is C=CCN=c1ccncn1O. The molecular weight excluding hydrogens is 142 g/mol. The third-order valence-electron chi connectivity index (χ3n) is 1.10. The maximum atomic E-state index is 9.06. The highest BCUT2D eigenvalue weighted by atomic mass is 16.5. The predicted octanol–water partition coefficient (Wildman–Crippen LogP) is 0.207. The second-order valence-electron chi connectivity index (χ2n) is 1.91. The van der Waals surface area contributed by atoms with Gasteiger partial charge in [-0.25, -0.2) is 4.98 Å². The van der Waals surface area contributed by atoms with E-state index in [1.54, 1.807) is 18.3 Å². The smallest absolute Gasteiger partial charge is 0.166 e. The first-order valence-electron chi connectivity index (χ1n) is 3.18. The summed E-state index contributed by atoms with van der Waals surface area (Å²) in [6, 6.07) is 1.61. The molecule has 1 aromatic heterocycles. The number of hydrogen-bond acceptors (Lipinski definition) is 3. The van der Waals surface area contributed by atoms with Crippen molar-refractivity contribution < 1.29 is 5.21 Å². The maximum absolute atomic E-state index is 9.06. The highest BCUT2D eigenvalue weighted by Crippen LogP contribution is 1.71. The Bertz CT molecular complexity index is 303. The van der Waals surface area contributed by atoms with Crippen LogP contribution in [0.5, 0.6) is 0 Å². The zero-order valence-electron chi connectivity index (χ0n) is 6.01. The summed E-state index contributed by atoms with van der Waals surface area (Å²) in [6.07, 6.45) is 4.50. The van der Waals surface area contributed by atoms with Gasteiger partial charge in [-0.15, -0.1) is 6.58 Å². The molecular formula is C7H9N3O. The largest absolute Gasteiger partial charge is 0.425 e. The van der Waals surface area contributed by atoms with Gasteiger partial charge in [0.15, 0.2) is 5.49 Å². The molecule has 0 bridgehead atoms. The lowest BCUT2D eigenvalue weighted by molar-refractivity contribution is 0.168. The first kappa shape index (κ1) is 7.53. The summed E-state index contributed by atoms with van der Waals surface area (Å²) < 4.78 is 0.865. The molecule has 1 rings (SSSR count). The molecule has 0 saturated carbocycles. The second kappa shape index (κ2) is 3.55. The standard InChI is InChI=1S/C7H9N3O/c1-2-4-9-7-3-5-8-6-10(7)11/h2-3,5-6,11H,1,4H2. The number of aromatic nitrogens is 2. The van der Waals surface area contributed by atoms with E-state index in [2.05, 4.69) is 16.6 Å². The van der Waals surface area contributed by atoms with Gasteiger partial charge in [0, 0.05) is 12.3 Å². The Hall–Kier alpha value is -1.58. The molecule has 11 heavy (non-hydrogen) atoms. The van der Waals surface area contributed by atoms with Crippen molar-refractivity contribution in [1.29, 1.82) is 0 Å². The summed E-state index contributed by atoms with van der Waals surface area (Å²) in [6.45, 7) is 4.00. The Labute approximate surface area is 64.1 Å². The van der Waals surface area contributed by atoms with Gasteiger partial charge in [0.05, 0.1) is 6.54 Å². The third-order valence-corrected chi connectivity index (χ3v) is 1.10. The Morgan fingerprint density at radius 2 is 2.64 bits per heavy atom. The maximum Gasteiger partial charge on any atom is 0.166 e. The summed E-state index contributed by atoms with van der Waals surface area (Å²) in [5.41, 5.74) is 0.472. The van der Waals surface area contributed by atoms with Crippen LogP contribution in [0.2, 0.25) is 0 Å². The van der Waals surface area contributed by atoms with Crippen LogP contribution in [0.3, 0.4) is 0 Å².